The molecule has 1 aromatic heterocycles. The van der Waals surface area contributed by atoms with Crippen LogP contribution in [0.2, 0.25) is 5.02 Å². The molecule has 2 N–H and O–H groups in total. The van der Waals surface area contributed by atoms with Crippen molar-refractivity contribution in [3.8, 4) is 0 Å². The highest BCUT2D eigenvalue weighted by atomic mass is 35.5. The number of amides is 2. The molecule has 1 aliphatic carbocycles. The first-order valence-electron chi connectivity index (χ1n) is 8.87. The van der Waals surface area contributed by atoms with Crippen LogP contribution < -0.4 is 10.6 Å². The summed E-state index contributed by atoms with van der Waals surface area (Å²) >= 11 is 7.37. The summed E-state index contributed by atoms with van der Waals surface area (Å²) in [6.45, 7) is 0. The number of hydrogen-bond acceptors (Lipinski definition) is 5. The summed E-state index contributed by atoms with van der Waals surface area (Å²) in [5.41, 5.74) is 0.560. The Morgan fingerprint density at radius 2 is 1.96 bits per heavy atom. The summed E-state index contributed by atoms with van der Waals surface area (Å²) in [7, 11) is 1.79. The van der Waals surface area contributed by atoms with Crippen LogP contribution in [-0.2, 0) is 23.1 Å². The second-order valence-corrected chi connectivity index (χ2v) is 7.85. The predicted octanol–water partition coefficient (Wildman–Crippen LogP) is 2.80. The van der Waals surface area contributed by atoms with Crippen LogP contribution in [0.1, 0.15) is 31.5 Å². The lowest BCUT2D eigenvalue weighted by Gasteiger charge is -2.11. The van der Waals surface area contributed by atoms with Gasteiger partial charge in [-0.2, -0.15) is 0 Å². The van der Waals surface area contributed by atoms with E-state index in [0.29, 0.717) is 27.7 Å². The molecule has 2 aromatic rings. The third kappa shape index (κ3) is 5.46. The maximum Gasteiger partial charge on any atom is 0.232 e. The van der Waals surface area contributed by atoms with E-state index < -0.39 is 0 Å². The summed E-state index contributed by atoms with van der Waals surface area (Å²) in [5.74, 6) is 0.592. The number of hydrogen-bond donors (Lipinski definition) is 2. The van der Waals surface area contributed by atoms with Gasteiger partial charge in [0.1, 0.15) is 5.82 Å². The predicted molar refractivity (Wildman–Crippen MR) is 106 cm³/mol. The fourth-order valence-corrected chi connectivity index (χ4v) is 3.92. The van der Waals surface area contributed by atoms with Gasteiger partial charge in [-0.3, -0.25) is 9.59 Å². The van der Waals surface area contributed by atoms with Gasteiger partial charge >= 0.3 is 0 Å². The molecule has 7 nitrogen and oxygen atoms in total. The van der Waals surface area contributed by atoms with Crippen molar-refractivity contribution < 1.29 is 9.59 Å². The SMILES string of the molecule is Cn1c(CC(=O)Nc2ccccc2Cl)nnc1SCC(=O)NC1CCCC1. The fraction of sp³-hybridized carbons (Fsp3) is 0.444. The molecule has 0 saturated heterocycles. The van der Waals surface area contributed by atoms with Gasteiger partial charge in [0, 0.05) is 13.1 Å². The minimum atomic E-state index is -0.228. The van der Waals surface area contributed by atoms with Crippen molar-refractivity contribution >= 4 is 40.9 Å². The van der Waals surface area contributed by atoms with Crippen molar-refractivity contribution in [3.63, 3.8) is 0 Å². The number of thioether (sulfide) groups is 1. The summed E-state index contributed by atoms with van der Waals surface area (Å²) in [4.78, 5) is 24.3. The molecule has 0 aliphatic heterocycles. The first kappa shape index (κ1) is 19.7. The quantitative estimate of drug-likeness (QED) is 0.689. The monoisotopic (exact) mass is 407 g/mol. The fourth-order valence-electron chi connectivity index (χ4n) is 2.99. The Kier molecular flexibility index (Phi) is 6.73. The molecule has 0 radical (unpaired) electrons. The molecule has 0 bridgehead atoms. The normalized spacial score (nSPS) is 14.3. The molecule has 0 atom stereocenters. The zero-order chi connectivity index (χ0) is 19.2. The molecule has 0 unspecified atom stereocenters. The van der Waals surface area contributed by atoms with Gasteiger partial charge in [0.25, 0.3) is 0 Å². The minimum Gasteiger partial charge on any atom is -0.353 e. The molecule has 2 amide bonds. The molecule has 0 spiro atoms. The number of para-hydroxylation sites is 1. The number of carbonyl (C=O) groups is 2. The van der Waals surface area contributed by atoms with E-state index in [-0.39, 0.29) is 24.0 Å². The smallest absolute Gasteiger partial charge is 0.232 e. The van der Waals surface area contributed by atoms with Crippen LogP contribution in [-0.4, -0.2) is 38.4 Å². The van der Waals surface area contributed by atoms with Crippen LogP contribution in [0.3, 0.4) is 0 Å². The lowest BCUT2D eigenvalue weighted by molar-refractivity contribution is -0.119. The maximum absolute atomic E-state index is 12.2. The van der Waals surface area contributed by atoms with Gasteiger partial charge in [-0.25, -0.2) is 0 Å². The van der Waals surface area contributed by atoms with Crippen molar-refractivity contribution in [1.29, 1.82) is 0 Å². The minimum absolute atomic E-state index is 0.00733. The Morgan fingerprint density at radius 1 is 1.22 bits per heavy atom. The number of benzene rings is 1. The lowest BCUT2D eigenvalue weighted by Crippen LogP contribution is -2.33. The van der Waals surface area contributed by atoms with E-state index in [2.05, 4.69) is 20.8 Å². The first-order valence-corrected chi connectivity index (χ1v) is 10.2. The third-order valence-electron chi connectivity index (χ3n) is 4.44. The van der Waals surface area contributed by atoms with Gasteiger partial charge in [0.15, 0.2) is 5.16 Å². The molecule has 1 heterocycles. The van der Waals surface area contributed by atoms with Crippen molar-refractivity contribution in [1.82, 2.24) is 20.1 Å². The average Bonchev–Trinajstić information content (AvgIpc) is 3.26. The van der Waals surface area contributed by atoms with Gasteiger partial charge < -0.3 is 15.2 Å². The third-order valence-corrected chi connectivity index (χ3v) is 5.79. The molecule has 3 rings (SSSR count). The molecule has 1 aromatic carbocycles. The number of nitrogens with zero attached hydrogens (tertiary/aromatic N) is 3. The lowest BCUT2D eigenvalue weighted by atomic mass is 10.2. The van der Waals surface area contributed by atoms with Gasteiger partial charge in [0.2, 0.25) is 11.8 Å². The van der Waals surface area contributed by atoms with E-state index in [1.54, 1.807) is 35.9 Å². The van der Waals surface area contributed by atoms with Crippen LogP contribution in [0.4, 0.5) is 5.69 Å². The maximum atomic E-state index is 12.2. The summed E-state index contributed by atoms with van der Waals surface area (Å²) in [6, 6.07) is 7.36. The summed E-state index contributed by atoms with van der Waals surface area (Å²) in [5, 5.41) is 15.1. The second-order valence-electron chi connectivity index (χ2n) is 6.50. The van der Waals surface area contributed by atoms with E-state index in [9.17, 15) is 9.59 Å². The highest BCUT2D eigenvalue weighted by Gasteiger charge is 2.18. The molecule has 9 heteroatoms. The highest BCUT2D eigenvalue weighted by Crippen LogP contribution is 2.21. The van der Waals surface area contributed by atoms with Crippen molar-refractivity contribution in [2.75, 3.05) is 11.1 Å². The van der Waals surface area contributed by atoms with E-state index in [1.807, 2.05) is 0 Å². The Hall–Kier alpha value is -2.06. The van der Waals surface area contributed by atoms with Gasteiger partial charge in [0.05, 0.1) is 22.9 Å². The van der Waals surface area contributed by atoms with Crippen molar-refractivity contribution in [2.45, 2.75) is 43.3 Å². The van der Waals surface area contributed by atoms with Crippen LogP contribution in [0.15, 0.2) is 29.4 Å². The van der Waals surface area contributed by atoms with Gasteiger partial charge in [-0.15, -0.1) is 10.2 Å². The highest BCUT2D eigenvalue weighted by molar-refractivity contribution is 7.99. The number of halogens is 1. The molecule has 1 fully saturated rings. The molecule has 1 aliphatic rings. The molecular formula is C18H22ClN5O2S. The van der Waals surface area contributed by atoms with Crippen LogP contribution >= 0.6 is 23.4 Å². The number of nitrogens with one attached hydrogen (secondary N) is 2. The van der Waals surface area contributed by atoms with Crippen LogP contribution in [0.5, 0.6) is 0 Å². The largest absolute Gasteiger partial charge is 0.353 e. The summed E-state index contributed by atoms with van der Waals surface area (Å²) in [6.07, 6.45) is 4.56. The molecule has 144 valence electrons. The summed E-state index contributed by atoms with van der Waals surface area (Å²) < 4.78 is 1.74. The van der Waals surface area contributed by atoms with Gasteiger partial charge in [-0.05, 0) is 25.0 Å². The number of rotatable bonds is 7. The molecular weight excluding hydrogens is 386 g/mol. The number of aromatic nitrogens is 3. The van der Waals surface area contributed by atoms with E-state index >= 15 is 0 Å². The Bertz CT molecular complexity index is 820. The number of anilines is 1. The van der Waals surface area contributed by atoms with Crippen LogP contribution in [0.25, 0.3) is 0 Å². The zero-order valence-electron chi connectivity index (χ0n) is 15.1. The van der Waals surface area contributed by atoms with Crippen molar-refractivity contribution in [2.24, 2.45) is 7.05 Å². The topological polar surface area (TPSA) is 88.9 Å². The van der Waals surface area contributed by atoms with Gasteiger partial charge in [-0.1, -0.05) is 48.3 Å². The van der Waals surface area contributed by atoms with Crippen molar-refractivity contribution in [3.05, 3.63) is 35.1 Å². The second kappa shape index (κ2) is 9.23. The Balaban J connectivity index is 1.51. The molecule has 1 saturated carbocycles. The van der Waals surface area contributed by atoms with E-state index in [4.69, 9.17) is 11.6 Å². The Labute approximate surface area is 167 Å². The van der Waals surface area contributed by atoms with Crippen LogP contribution in [0, 0.1) is 0 Å². The standard InChI is InChI=1S/C18H22ClN5O2S/c1-24-15(10-16(25)21-14-9-5-4-8-13(14)19)22-23-18(24)27-11-17(26)20-12-6-2-3-7-12/h4-5,8-9,12H,2-3,6-7,10-11H2,1H3,(H,20,26)(H,21,25). The average molecular weight is 408 g/mol. The van der Waals surface area contributed by atoms with E-state index in [1.165, 1.54) is 24.6 Å². The Morgan fingerprint density at radius 3 is 2.70 bits per heavy atom. The van der Waals surface area contributed by atoms with E-state index in [0.717, 1.165) is 12.8 Å². The first-order chi connectivity index (χ1) is 13.0. The number of carbonyl (C=O) groups excluding carboxylic acids is 2. The zero-order valence-corrected chi connectivity index (χ0v) is 16.6. The molecule has 27 heavy (non-hydrogen) atoms.